The number of amides is 1. The molecule has 0 spiro atoms. The number of anilines is 1. The van der Waals surface area contributed by atoms with E-state index < -0.39 is 5.91 Å². The van der Waals surface area contributed by atoms with Gasteiger partial charge in [-0.15, -0.1) is 4.80 Å². The van der Waals surface area contributed by atoms with Crippen molar-refractivity contribution in [3.63, 3.8) is 0 Å². The van der Waals surface area contributed by atoms with Gasteiger partial charge >= 0.3 is 0 Å². The molecule has 0 bridgehead atoms. The van der Waals surface area contributed by atoms with Gasteiger partial charge < -0.3 is 11.1 Å². The fraction of sp³-hybridized carbons (Fsp3) is 0.118. The molecule has 26 heavy (non-hydrogen) atoms. The molecule has 0 saturated carbocycles. The molecule has 3 N–H and O–H groups in total. The van der Waals surface area contributed by atoms with Gasteiger partial charge in [0, 0.05) is 6.54 Å². The number of fused-ring (bicyclic) bond motifs is 1. The molecule has 0 saturated heterocycles. The van der Waals surface area contributed by atoms with Crippen LogP contribution < -0.4 is 11.1 Å². The number of aromatic nitrogens is 5. The van der Waals surface area contributed by atoms with Crippen LogP contribution in [0.25, 0.3) is 11.9 Å². The predicted molar refractivity (Wildman–Crippen MR) is 96.8 cm³/mol. The first-order chi connectivity index (χ1) is 12.6. The van der Waals surface area contributed by atoms with Crippen molar-refractivity contribution in [3.8, 4) is 5.82 Å². The van der Waals surface area contributed by atoms with Crippen LogP contribution in [0.1, 0.15) is 21.6 Å². The highest BCUT2D eigenvalue weighted by Gasteiger charge is 2.19. The maximum absolute atomic E-state index is 12.4. The molecule has 2 heterocycles. The van der Waals surface area contributed by atoms with Crippen LogP contribution >= 0.6 is 11.6 Å². The number of nitrogen functional groups attached to an aromatic ring is 1. The molecule has 9 heteroatoms. The lowest BCUT2D eigenvalue weighted by Gasteiger charge is -2.09. The smallest absolute Gasteiger partial charge is 0.274 e. The lowest BCUT2D eigenvalue weighted by atomic mass is 10.1. The molecule has 1 aliphatic rings. The van der Waals surface area contributed by atoms with Crippen molar-refractivity contribution in [2.45, 2.75) is 6.42 Å². The molecule has 8 nitrogen and oxygen atoms in total. The highest BCUT2D eigenvalue weighted by molar-refractivity contribution is 6.31. The van der Waals surface area contributed by atoms with Gasteiger partial charge in [0.15, 0.2) is 16.7 Å². The van der Waals surface area contributed by atoms with Gasteiger partial charge in [-0.3, -0.25) is 4.79 Å². The van der Waals surface area contributed by atoms with E-state index in [0.29, 0.717) is 6.54 Å². The van der Waals surface area contributed by atoms with E-state index in [-0.39, 0.29) is 22.5 Å². The van der Waals surface area contributed by atoms with Gasteiger partial charge in [0.1, 0.15) is 0 Å². The van der Waals surface area contributed by atoms with E-state index in [9.17, 15) is 4.79 Å². The number of hydrogen-bond acceptors (Lipinski definition) is 6. The second-order valence-corrected chi connectivity index (χ2v) is 6.11. The van der Waals surface area contributed by atoms with Gasteiger partial charge in [0.05, 0.1) is 12.4 Å². The van der Waals surface area contributed by atoms with E-state index in [1.54, 1.807) is 0 Å². The van der Waals surface area contributed by atoms with Crippen molar-refractivity contribution in [1.29, 1.82) is 0 Å². The normalized spacial score (nSPS) is 12.6. The summed E-state index contributed by atoms with van der Waals surface area (Å²) in [6, 6.07) is 8.12. The number of carbonyl (C=O) groups excluding carboxylic acids is 1. The van der Waals surface area contributed by atoms with Gasteiger partial charge in [-0.2, -0.15) is 10.2 Å². The number of rotatable bonds is 4. The van der Waals surface area contributed by atoms with Crippen molar-refractivity contribution in [1.82, 2.24) is 30.3 Å². The Kier molecular flexibility index (Phi) is 4.10. The Morgan fingerprint density at radius 3 is 2.77 bits per heavy atom. The maximum Gasteiger partial charge on any atom is 0.274 e. The highest BCUT2D eigenvalue weighted by atomic mass is 35.5. The van der Waals surface area contributed by atoms with E-state index in [2.05, 4.69) is 43.7 Å². The zero-order valence-corrected chi connectivity index (χ0v) is 14.3. The molecule has 0 fully saturated rings. The Bertz CT molecular complexity index is 1010. The Labute approximate surface area is 153 Å². The largest absolute Gasteiger partial charge is 0.382 e. The fourth-order valence-corrected chi connectivity index (χ4v) is 2.98. The molecule has 1 amide bonds. The van der Waals surface area contributed by atoms with Gasteiger partial charge in [-0.25, -0.2) is 9.97 Å². The molecular formula is C17H14ClN7O. The van der Waals surface area contributed by atoms with E-state index in [1.807, 2.05) is 12.1 Å². The lowest BCUT2D eigenvalue weighted by molar-refractivity contribution is 0.0952. The Morgan fingerprint density at radius 1 is 1.23 bits per heavy atom. The number of nitrogens with two attached hydrogens (primary N) is 1. The van der Waals surface area contributed by atoms with Crippen LogP contribution in [0, 0.1) is 0 Å². The average molecular weight is 368 g/mol. The van der Waals surface area contributed by atoms with Gasteiger partial charge in [0.2, 0.25) is 5.82 Å². The summed E-state index contributed by atoms with van der Waals surface area (Å²) in [6.45, 7) is 0.398. The van der Waals surface area contributed by atoms with Crippen molar-refractivity contribution < 1.29 is 4.79 Å². The summed E-state index contributed by atoms with van der Waals surface area (Å²) in [5.41, 5.74) is 9.38. The Hall–Kier alpha value is -3.26. The third-order valence-corrected chi connectivity index (χ3v) is 4.25. The van der Waals surface area contributed by atoms with Crippen LogP contribution in [0.5, 0.6) is 0 Å². The molecule has 2 aromatic heterocycles. The number of benzene rings is 1. The average Bonchev–Trinajstić information content (AvgIpc) is 3.30. The van der Waals surface area contributed by atoms with Crippen LogP contribution in [0.2, 0.25) is 5.15 Å². The SMILES string of the molecule is Nc1nc(-n2nccn2)c(Cl)nc1C(=O)NCC1=Cc2ccccc2C1. The minimum absolute atomic E-state index is 0.00645. The molecular weight excluding hydrogens is 354 g/mol. The van der Waals surface area contributed by atoms with Crippen molar-refractivity contribution >= 4 is 29.4 Å². The van der Waals surface area contributed by atoms with E-state index in [4.69, 9.17) is 17.3 Å². The van der Waals surface area contributed by atoms with Crippen LogP contribution in [0.15, 0.2) is 42.2 Å². The summed E-state index contributed by atoms with van der Waals surface area (Å²) in [7, 11) is 0. The second-order valence-electron chi connectivity index (χ2n) is 5.75. The maximum atomic E-state index is 12.4. The Balaban J connectivity index is 1.48. The summed E-state index contributed by atoms with van der Waals surface area (Å²) in [4.78, 5) is 21.8. The minimum atomic E-state index is -0.436. The molecule has 1 aromatic carbocycles. The topological polar surface area (TPSA) is 112 Å². The second kappa shape index (κ2) is 6.57. The summed E-state index contributed by atoms with van der Waals surface area (Å²) in [5, 5.41) is 10.7. The molecule has 0 unspecified atom stereocenters. The number of carbonyl (C=O) groups is 1. The summed E-state index contributed by atoms with van der Waals surface area (Å²) in [6.07, 6.45) is 5.83. The number of hydrogen-bond donors (Lipinski definition) is 2. The van der Waals surface area contributed by atoms with Crippen LogP contribution in [-0.2, 0) is 6.42 Å². The number of nitrogens with one attached hydrogen (secondary N) is 1. The van der Waals surface area contributed by atoms with Crippen molar-refractivity contribution in [2.75, 3.05) is 12.3 Å². The minimum Gasteiger partial charge on any atom is -0.382 e. The molecule has 130 valence electrons. The fourth-order valence-electron chi connectivity index (χ4n) is 2.78. The standard InChI is InChI=1S/C17H14ClN7O/c18-14-16(25-21-5-6-22-25)24-15(19)13(23-14)17(26)20-9-10-7-11-3-1-2-4-12(11)8-10/h1-7H,8-9H2,(H2,19,24)(H,20,26). The lowest BCUT2D eigenvalue weighted by Crippen LogP contribution is -2.28. The number of nitrogens with zero attached hydrogens (tertiary/aromatic N) is 5. The monoisotopic (exact) mass is 367 g/mol. The van der Waals surface area contributed by atoms with Crippen molar-refractivity contribution in [2.24, 2.45) is 0 Å². The van der Waals surface area contributed by atoms with Gasteiger partial charge in [0.25, 0.3) is 5.91 Å². The van der Waals surface area contributed by atoms with Crippen LogP contribution in [-0.4, -0.2) is 37.4 Å². The first-order valence-corrected chi connectivity index (χ1v) is 8.25. The molecule has 3 aromatic rings. The zero-order valence-electron chi connectivity index (χ0n) is 13.6. The predicted octanol–water partition coefficient (Wildman–Crippen LogP) is 1.66. The number of halogens is 1. The van der Waals surface area contributed by atoms with Gasteiger partial charge in [-0.05, 0) is 23.1 Å². The van der Waals surface area contributed by atoms with Crippen molar-refractivity contribution in [3.05, 3.63) is 64.2 Å². The van der Waals surface area contributed by atoms with E-state index in [1.165, 1.54) is 28.3 Å². The zero-order chi connectivity index (χ0) is 18.1. The molecule has 1 aliphatic carbocycles. The van der Waals surface area contributed by atoms with E-state index in [0.717, 1.165) is 12.0 Å². The van der Waals surface area contributed by atoms with Gasteiger partial charge in [-0.1, -0.05) is 41.9 Å². The first-order valence-electron chi connectivity index (χ1n) is 7.87. The summed E-state index contributed by atoms with van der Waals surface area (Å²) < 4.78 is 0. The third-order valence-electron chi connectivity index (χ3n) is 3.99. The molecule has 0 radical (unpaired) electrons. The first kappa shape index (κ1) is 16.2. The van der Waals surface area contributed by atoms with E-state index >= 15 is 0 Å². The highest BCUT2D eigenvalue weighted by Crippen LogP contribution is 2.24. The summed E-state index contributed by atoms with van der Waals surface area (Å²) in [5.74, 6) is -0.309. The quantitative estimate of drug-likeness (QED) is 0.725. The van der Waals surface area contributed by atoms with Crippen LogP contribution in [0.3, 0.4) is 0 Å². The van der Waals surface area contributed by atoms with Crippen LogP contribution in [0.4, 0.5) is 5.82 Å². The Morgan fingerprint density at radius 2 is 2.00 bits per heavy atom. The molecule has 4 rings (SSSR count). The summed E-state index contributed by atoms with van der Waals surface area (Å²) >= 11 is 6.10. The molecule has 0 atom stereocenters. The third kappa shape index (κ3) is 3.02. The molecule has 0 aliphatic heterocycles.